The maximum absolute atomic E-state index is 13.8. The molecule has 0 saturated heterocycles. The first kappa shape index (κ1) is 20.7. The fraction of sp³-hybridized carbons (Fsp3) is 0.136. The van der Waals surface area contributed by atoms with Crippen LogP contribution in [0.2, 0.25) is 0 Å². The van der Waals surface area contributed by atoms with Gasteiger partial charge >= 0.3 is 5.69 Å². The van der Waals surface area contributed by atoms with E-state index in [1.54, 1.807) is 42.6 Å². The van der Waals surface area contributed by atoms with Gasteiger partial charge in [0.25, 0.3) is 5.56 Å². The second kappa shape index (κ2) is 8.27. The molecular weight excluding hydrogens is 424 g/mol. The van der Waals surface area contributed by atoms with Gasteiger partial charge < -0.3 is 5.32 Å². The zero-order chi connectivity index (χ0) is 22.1. The van der Waals surface area contributed by atoms with Crippen molar-refractivity contribution in [2.75, 3.05) is 0 Å². The van der Waals surface area contributed by atoms with Crippen LogP contribution in [-0.2, 0) is 17.9 Å². The first-order valence-corrected chi connectivity index (χ1v) is 10.2. The molecule has 158 valence electrons. The molecule has 0 radical (unpaired) electrons. The van der Waals surface area contributed by atoms with Crippen molar-refractivity contribution in [2.24, 2.45) is 0 Å². The van der Waals surface area contributed by atoms with Crippen LogP contribution in [0.1, 0.15) is 11.1 Å². The molecule has 4 rings (SSSR count). The lowest BCUT2D eigenvalue weighted by Gasteiger charge is -2.14. The number of aryl methyl sites for hydroxylation is 1. The second-order valence-corrected chi connectivity index (χ2v) is 7.86. The third-order valence-electron chi connectivity index (χ3n) is 4.90. The van der Waals surface area contributed by atoms with Gasteiger partial charge in [0, 0.05) is 18.2 Å². The van der Waals surface area contributed by atoms with Crippen LogP contribution in [0.4, 0.5) is 8.78 Å². The van der Waals surface area contributed by atoms with E-state index >= 15 is 0 Å². The summed E-state index contributed by atoms with van der Waals surface area (Å²) in [5.74, 6) is -2.03. The van der Waals surface area contributed by atoms with E-state index in [1.165, 1.54) is 22.0 Å². The first-order valence-electron chi connectivity index (χ1n) is 9.36. The Bertz CT molecular complexity index is 1420. The summed E-state index contributed by atoms with van der Waals surface area (Å²) in [6.45, 7) is 1.26. The first-order chi connectivity index (χ1) is 14.9. The Morgan fingerprint density at radius 2 is 1.87 bits per heavy atom. The van der Waals surface area contributed by atoms with Crippen LogP contribution >= 0.6 is 11.3 Å². The van der Waals surface area contributed by atoms with Crippen LogP contribution in [0.15, 0.2) is 63.5 Å². The number of para-hydroxylation sites is 1. The molecule has 6 nitrogen and oxygen atoms in total. The number of fused-ring (bicyclic) bond motifs is 1. The summed E-state index contributed by atoms with van der Waals surface area (Å²) < 4.78 is 29.5. The molecule has 0 fully saturated rings. The number of carbonyl (C=O) groups is 1. The molecule has 0 atom stereocenters. The lowest BCUT2D eigenvalue weighted by molar-refractivity contribution is -0.121. The van der Waals surface area contributed by atoms with E-state index in [0.717, 1.165) is 22.3 Å². The Morgan fingerprint density at radius 3 is 2.61 bits per heavy atom. The molecule has 0 aliphatic heterocycles. The van der Waals surface area contributed by atoms with E-state index in [9.17, 15) is 23.2 Å². The van der Waals surface area contributed by atoms with E-state index in [2.05, 4.69) is 5.32 Å². The number of nitrogens with zero attached hydrogens (tertiary/aromatic N) is 2. The smallest absolute Gasteiger partial charge is 0.336 e. The topological polar surface area (TPSA) is 73.1 Å². The van der Waals surface area contributed by atoms with Gasteiger partial charge in [-0.05, 0) is 36.1 Å². The third-order valence-corrected chi connectivity index (χ3v) is 5.80. The predicted molar refractivity (Wildman–Crippen MR) is 115 cm³/mol. The van der Waals surface area contributed by atoms with E-state index < -0.39 is 28.8 Å². The zero-order valence-corrected chi connectivity index (χ0v) is 17.2. The van der Waals surface area contributed by atoms with Crippen LogP contribution < -0.4 is 16.6 Å². The summed E-state index contributed by atoms with van der Waals surface area (Å²) >= 11 is 1.18. The number of hydrogen-bond donors (Lipinski definition) is 1. The molecule has 1 amide bonds. The molecule has 0 aliphatic carbocycles. The molecule has 0 bridgehead atoms. The van der Waals surface area contributed by atoms with Crippen molar-refractivity contribution in [1.82, 2.24) is 14.5 Å². The largest absolute Gasteiger partial charge is 0.350 e. The summed E-state index contributed by atoms with van der Waals surface area (Å²) in [6, 6.07) is 11.7. The highest BCUT2D eigenvalue weighted by Gasteiger charge is 2.18. The highest BCUT2D eigenvalue weighted by Crippen LogP contribution is 2.17. The summed E-state index contributed by atoms with van der Waals surface area (Å²) in [4.78, 5) is 38.7. The highest BCUT2D eigenvalue weighted by molar-refractivity contribution is 7.17. The fourth-order valence-corrected chi connectivity index (χ4v) is 4.15. The monoisotopic (exact) mass is 441 g/mol. The number of amides is 1. The molecule has 2 aromatic heterocycles. The molecule has 0 spiro atoms. The van der Waals surface area contributed by atoms with Crippen molar-refractivity contribution in [3.05, 3.63) is 97.5 Å². The summed E-state index contributed by atoms with van der Waals surface area (Å²) in [6.07, 6.45) is 0. The summed E-state index contributed by atoms with van der Waals surface area (Å²) in [7, 11) is 0. The van der Waals surface area contributed by atoms with Gasteiger partial charge in [0.1, 0.15) is 22.9 Å². The quantitative estimate of drug-likeness (QED) is 0.517. The normalized spacial score (nSPS) is 11.1. The Morgan fingerprint density at radius 1 is 1.10 bits per heavy atom. The van der Waals surface area contributed by atoms with Crippen LogP contribution in [0.5, 0.6) is 0 Å². The molecule has 31 heavy (non-hydrogen) atoms. The molecule has 4 aromatic rings. The maximum atomic E-state index is 13.8. The molecule has 9 heteroatoms. The fourth-order valence-electron chi connectivity index (χ4n) is 3.33. The Kier molecular flexibility index (Phi) is 5.51. The molecule has 1 N–H and O–H groups in total. The van der Waals surface area contributed by atoms with Crippen molar-refractivity contribution in [3.63, 3.8) is 0 Å². The Balaban J connectivity index is 1.70. The van der Waals surface area contributed by atoms with Gasteiger partial charge in [0.15, 0.2) is 0 Å². The van der Waals surface area contributed by atoms with Gasteiger partial charge in [-0.1, -0.05) is 24.3 Å². The molecule has 2 heterocycles. The van der Waals surface area contributed by atoms with E-state index in [-0.39, 0.29) is 18.7 Å². The van der Waals surface area contributed by atoms with Crippen LogP contribution in [-0.4, -0.2) is 15.0 Å². The van der Waals surface area contributed by atoms with Gasteiger partial charge in [0.05, 0.1) is 11.2 Å². The molecule has 0 unspecified atom stereocenters. The number of hydrogen-bond acceptors (Lipinski definition) is 4. The van der Waals surface area contributed by atoms with Crippen molar-refractivity contribution >= 4 is 27.5 Å². The minimum Gasteiger partial charge on any atom is -0.350 e. The van der Waals surface area contributed by atoms with E-state index in [1.807, 2.05) is 0 Å². The number of benzene rings is 2. The maximum Gasteiger partial charge on any atom is 0.336 e. The average molecular weight is 441 g/mol. The van der Waals surface area contributed by atoms with Crippen molar-refractivity contribution in [3.8, 4) is 5.69 Å². The molecular formula is C22H17F2N3O3S. The number of aromatic nitrogens is 2. The van der Waals surface area contributed by atoms with E-state index in [4.69, 9.17) is 0 Å². The lowest BCUT2D eigenvalue weighted by atomic mass is 10.2. The Hall–Kier alpha value is -3.59. The van der Waals surface area contributed by atoms with Gasteiger partial charge in [-0.2, -0.15) is 0 Å². The second-order valence-electron chi connectivity index (χ2n) is 6.94. The Labute approximate surface area is 179 Å². The van der Waals surface area contributed by atoms with Gasteiger partial charge in [0.2, 0.25) is 5.91 Å². The molecule has 0 aliphatic rings. The van der Waals surface area contributed by atoms with Crippen molar-refractivity contribution in [2.45, 2.75) is 20.0 Å². The molecule has 2 aromatic carbocycles. The van der Waals surface area contributed by atoms with Crippen molar-refractivity contribution in [1.29, 1.82) is 0 Å². The van der Waals surface area contributed by atoms with Gasteiger partial charge in [-0.3, -0.25) is 14.2 Å². The lowest BCUT2D eigenvalue weighted by Crippen LogP contribution is -2.41. The summed E-state index contributed by atoms with van der Waals surface area (Å²) in [5.41, 5.74) is 0.555. The number of carbonyl (C=O) groups excluding carboxylic acids is 1. The van der Waals surface area contributed by atoms with Crippen molar-refractivity contribution < 1.29 is 13.6 Å². The molecule has 0 saturated carbocycles. The number of halogens is 2. The highest BCUT2D eigenvalue weighted by atomic mass is 32.1. The van der Waals surface area contributed by atoms with Crippen LogP contribution in [0.3, 0.4) is 0 Å². The minimum atomic E-state index is -0.772. The van der Waals surface area contributed by atoms with Crippen LogP contribution in [0, 0.1) is 18.6 Å². The number of thiophene rings is 1. The number of nitrogens with one attached hydrogen (secondary N) is 1. The van der Waals surface area contributed by atoms with Crippen LogP contribution in [0.25, 0.3) is 15.9 Å². The summed E-state index contributed by atoms with van der Waals surface area (Å²) in [5, 5.41) is 4.21. The zero-order valence-electron chi connectivity index (χ0n) is 16.4. The standard InChI is InChI=1S/C22H17F2N3O3S/c1-13-4-2-3-5-17(13)27-21(29)20-18(8-9-31-20)26(22(27)30)12-19(28)25-11-14-6-7-15(23)10-16(14)24/h2-10H,11-12H2,1H3,(H,25,28). The SMILES string of the molecule is Cc1ccccc1-n1c(=O)c2sccc2n(CC(=O)NCc2ccc(F)cc2F)c1=O. The van der Waals surface area contributed by atoms with Gasteiger partial charge in [-0.15, -0.1) is 11.3 Å². The van der Waals surface area contributed by atoms with E-state index in [0.29, 0.717) is 15.9 Å². The average Bonchev–Trinajstić information content (AvgIpc) is 3.22. The number of rotatable bonds is 5. The minimum absolute atomic E-state index is 0.118. The van der Waals surface area contributed by atoms with Gasteiger partial charge in [-0.25, -0.2) is 18.1 Å². The predicted octanol–water partition coefficient (Wildman–Crippen LogP) is 3.12. The third kappa shape index (κ3) is 3.91.